The molecule has 0 aromatic carbocycles. The molecule has 2 N–H and O–H groups in total. The van der Waals surface area contributed by atoms with Gasteiger partial charge in [-0.15, -0.1) is 0 Å². The van der Waals surface area contributed by atoms with Crippen LogP contribution >= 0.6 is 0 Å². The maximum Gasteiger partial charge on any atom is 0.248 e. The average molecular weight is 234 g/mol. The SMILES string of the molecule is C=C(C(N)=O)c1ccc(OC2CCOC2)nc1. The van der Waals surface area contributed by atoms with Gasteiger partial charge in [-0.2, -0.15) is 0 Å². The van der Waals surface area contributed by atoms with E-state index in [2.05, 4.69) is 11.6 Å². The first-order valence-corrected chi connectivity index (χ1v) is 5.36. The zero-order chi connectivity index (χ0) is 12.3. The van der Waals surface area contributed by atoms with Gasteiger partial charge in [0.05, 0.1) is 13.2 Å². The van der Waals surface area contributed by atoms with Crippen LogP contribution in [0.3, 0.4) is 0 Å². The van der Waals surface area contributed by atoms with E-state index in [1.54, 1.807) is 12.1 Å². The highest BCUT2D eigenvalue weighted by molar-refractivity contribution is 6.17. The van der Waals surface area contributed by atoms with Gasteiger partial charge >= 0.3 is 0 Å². The lowest BCUT2D eigenvalue weighted by Crippen LogP contribution is -2.16. The van der Waals surface area contributed by atoms with Crippen molar-refractivity contribution in [3.05, 3.63) is 30.5 Å². The fourth-order valence-corrected chi connectivity index (χ4v) is 1.55. The molecule has 5 nitrogen and oxygen atoms in total. The summed E-state index contributed by atoms with van der Waals surface area (Å²) < 4.78 is 10.8. The van der Waals surface area contributed by atoms with Crippen LogP contribution in [0.25, 0.3) is 5.57 Å². The molecule has 17 heavy (non-hydrogen) atoms. The number of hydrogen-bond donors (Lipinski definition) is 1. The first-order chi connectivity index (χ1) is 8.16. The predicted octanol–water partition coefficient (Wildman–Crippen LogP) is 0.748. The van der Waals surface area contributed by atoms with E-state index in [1.807, 2.05) is 0 Å². The smallest absolute Gasteiger partial charge is 0.248 e. The number of nitrogens with zero attached hydrogens (tertiary/aromatic N) is 1. The summed E-state index contributed by atoms with van der Waals surface area (Å²) in [5, 5.41) is 0. The van der Waals surface area contributed by atoms with E-state index in [0.717, 1.165) is 13.0 Å². The van der Waals surface area contributed by atoms with Crippen LogP contribution < -0.4 is 10.5 Å². The first-order valence-electron chi connectivity index (χ1n) is 5.36. The molecule has 90 valence electrons. The van der Waals surface area contributed by atoms with Gasteiger partial charge in [0.2, 0.25) is 11.8 Å². The van der Waals surface area contributed by atoms with Crippen LogP contribution in [-0.4, -0.2) is 30.2 Å². The molecule has 1 amide bonds. The number of hydrogen-bond acceptors (Lipinski definition) is 4. The molecule has 0 radical (unpaired) electrons. The van der Waals surface area contributed by atoms with Crippen LogP contribution in [0.5, 0.6) is 5.88 Å². The molecular formula is C12H14N2O3. The summed E-state index contributed by atoms with van der Waals surface area (Å²) in [7, 11) is 0. The molecule has 1 saturated heterocycles. The lowest BCUT2D eigenvalue weighted by atomic mass is 10.1. The van der Waals surface area contributed by atoms with Crippen molar-refractivity contribution in [2.75, 3.05) is 13.2 Å². The molecule has 1 aromatic heterocycles. The predicted molar refractivity (Wildman–Crippen MR) is 62.3 cm³/mol. The number of amides is 1. The minimum absolute atomic E-state index is 0.0627. The molecular weight excluding hydrogens is 220 g/mol. The minimum atomic E-state index is -0.551. The fraction of sp³-hybridized carbons (Fsp3) is 0.333. The summed E-state index contributed by atoms with van der Waals surface area (Å²) in [4.78, 5) is 15.0. The molecule has 1 aliphatic rings. The van der Waals surface area contributed by atoms with E-state index >= 15 is 0 Å². The number of ether oxygens (including phenoxy) is 2. The van der Waals surface area contributed by atoms with Gasteiger partial charge in [-0.25, -0.2) is 4.98 Å². The summed E-state index contributed by atoms with van der Waals surface area (Å²) in [6, 6.07) is 3.41. The van der Waals surface area contributed by atoms with Crippen molar-refractivity contribution in [2.45, 2.75) is 12.5 Å². The third kappa shape index (κ3) is 2.82. The van der Waals surface area contributed by atoms with Crippen molar-refractivity contribution in [1.29, 1.82) is 0 Å². The highest BCUT2D eigenvalue weighted by Crippen LogP contribution is 2.17. The van der Waals surface area contributed by atoms with Crippen molar-refractivity contribution >= 4 is 11.5 Å². The maximum atomic E-state index is 10.9. The number of carbonyl (C=O) groups is 1. The average Bonchev–Trinajstić information content (AvgIpc) is 2.82. The highest BCUT2D eigenvalue weighted by Gasteiger charge is 2.17. The zero-order valence-electron chi connectivity index (χ0n) is 9.39. The first kappa shape index (κ1) is 11.6. The van der Waals surface area contributed by atoms with Gasteiger partial charge in [0, 0.05) is 29.8 Å². The Bertz CT molecular complexity index is 422. The van der Waals surface area contributed by atoms with E-state index in [4.69, 9.17) is 15.2 Å². The Hall–Kier alpha value is -1.88. The molecule has 1 aliphatic heterocycles. The van der Waals surface area contributed by atoms with Gasteiger partial charge in [0.25, 0.3) is 0 Å². The van der Waals surface area contributed by atoms with E-state index in [1.165, 1.54) is 6.20 Å². The van der Waals surface area contributed by atoms with Crippen molar-refractivity contribution in [1.82, 2.24) is 4.98 Å². The maximum absolute atomic E-state index is 10.9. The Labute approximate surface area is 99.2 Å². The fourth-order valence-electron chi connectivity index (χ4n) is 1.55. The molecule has 1 fully saturated rings. The van der Waals surface area contributed by atoms with Crippen LogP contribution in [-0.2, 0) is 9.53 Å². The van der Waals surface area contributed by atoms with Gasteiger partial charge in [-0.3, -0.25) is 4.79 Å². The largest absolute Gasteiger partial charge is 0.472 e. The van der Waals surface area contributed by atoms with Crippen molar-refractivity contribution in [3.63, 3.8) is 0 Å². The topological polar surface area (TPSA) is 74.4 Å². The van der Waals surface area contributed by atoms with E-state index in [-0.39, 0.29) is 11.7 Å². The van der Waals surface area contributed by atoms with Crippen molar-refractivity contribution in [3.8, 4) is 5.88 Å². The van der Waals surface area contributed by atoms with Gasteiger partial charge in [0.15, 0.2) is 0 Å². The molecule has 0 aliphatic carbocycles. The van der Waals surface area contributed by atoms with Gasteiger partial charge < -0.3 is 15.2 Å². The molecule has 2 rings (SSSR count). The standard InChI is InChI=1S/C12H14N2O3/c1-8(12(13)15)9-2-3-11(14-6-9)17-10-4-5-16-7-10/h2-3,6,10H,1,4-5,7H2,(H2,13,15). The van der Waals surface area contributed by atoms with Gasteiger partial charge in [-0.1, -0.05) is 6.58 Å². The summed E-state index contributed by atoms with van der Waals surface area (Å²) in [5.41, 5.74) is 5.97. The monoisotopic (exact) mass is 234 g/mol. The Morgan fingerprint density at radius 3 is 2.94 bits per heavy atom. The lowest BCUT2D eigenvalue weighted by molar-refractivity contribution is -0.112. The molecule has 1 aromatic rings. The van der Waals surface area contributed by atoms with Gasteiger partial charge in [-0.05, 0) is 6.07 Å². The van der Waals surface area contributed by atoms with Crippen LogP contribution in [0, 0.1) is 0 Å². The number of rotatable bonds is 4. The Morgan fingerprint density at radius 2 is 2.41 bits per heavy atom. The minimum Gasteiger partial charge on any atom is -0.472 e. The van der Waals surface area contributed by atoms with Crippen LogP contribution in [0.1, 0.15) is 12.0 Å². The van der Waals surface area contributed by atoms with E-state index in [9.17, 15) is 4.79 Å². The van der Waals surface area contributed by atoms with E-state index < -0.39 is 5.91 Å². The normalized spacial score (nSPS) is 18.9. The second-order valence-corrected chi connectivity index (χ2v) is 3.83. The number of primary amides is 1. The van der Waals surface area contributed by atoms with Gasteiger partial charge in [0.1, 0.15) is 6.10 Å². The molecule has 2 heterocycles. The Morgan fingerprint density at radius 1 is 1.59 bits per heavy atom. The summed E-state index contributed by atoms with van der Waals surface area (Å²) >= 11 is 0. The summed E-state index contributed by atoms with van der Waals surface area (Å²) in [6.07, 6.45) is 2.46. The van der Waals surface area contributed by atoms with Crippen molar-refractivity contribution in [2.24, 2.45) is 5.73 Å². The molecule has 0 bridgehead atoms. The lowest BCUT2D eigenvalue weighted by Gasteiger charge is -2.10. The summed E-state index contributed by atoms with van der Waals surface area (Å²) in [5.74, 6) is -0.0359. The number of carbonyl (C=O) groups excluding carboxylic acids is 1. The quantitative estimate of drug-likeness (QED) is 0.780. The number of aromatic nitrogens is 1. The molecule has 5 heteroatoms. The van der Waals surface area contributed by atoms with Crippen molar-refractivity contribution < 1.29 is 14.3 Å². The summed E-state index contributed by atoms with van der Waals surface area (Å²) in [6.45, 7) is 4.90. The molecule has 1 atom stereocenters. The third-order valence-corrected chi connectivity index (χ3v) is 2.56. The second kappa shape index (κ2) is 4.97. The number of nitrogens with two attached hydrogens (primary N) is 1. The number of pyridine rings is 1. The van der Waals surface area contributed by atoms with Crippen LogP contribution in [0.2, 0.25) is 0 Å². The van der Waals surface area contributed by atoms with Crippen LogP contribution in [0.15, 0.2) is 24.9 Å². The molecule has 1 unspecified atom stereocenters. The highest BCUT2D eigenvalue weighted by atomic mass is 16.5. The zero-order valence-corrected chi connectivity index (χ0v) is 9.39. The molecule has 0 saturated carbocycles. The van der Waals surface area contributed by atoms with Crippen LogP contribution in [0.4, 0.5) is 0 Å². The third-order valence-electron chi connectivity index (χ3n) is 2.56. The molecule has 0 spiro atoms. The Balaban J connectivity index is 2.02. The Kier molecular flexibility index (Phi) is 3.39. The second-order valence-electron chi connectivity index (χ2n) is 3.83. The van der Waals surface area contributed by atoms with E-state index in [0.29, 0.717) is 18.1 Å².